The number of nitrogens with zero attached hydrogens (tertiary/aromatic N) is 1. The van der Waals surface area contributed by atoms with Crippen LogP contribution in [-0.2, 0) is 4.79 Å². The Bertz CT molecular complexity index is 590. The molecule has 8 heteroatoms. The topological polar surface area (TPSA) is 44.4 Å². The molecule has 1 aromatic rings. The van der Waals surface area contributed by atoms with Gasteiger partial charge in [0, 0.05) is 25.6 Å². The Morgan fingerprint density at radius 2 is 2.00 bits per heavy atom. The first-order valence-electron chi connectivity index (χ1n) is 7.46. The van der Waals surface area contributed by atoms with E-state index in [-0.39, 0.29) is 18.3 Å². The van der Waals surface area contributed by atoms with Crippen molar-refractivity contribution in [2.45, 2.75) is 30.8 Å². The third-order valence-electron chi connectivity index (χ3n) is 4.21. The fourth-order valence-electron chi connectivity index (χ4n) is 3.07. The second-order valence-corrected chi connectivity index (χ2v) is 6.00. The summed E-state index contributed by atoms with van der Waals surface area (Å²) in [6, 6.07) is 2.39. The molecule has 0 radical (unpaired) electrons. The third-order valence-corrected chi connectivity index (χ3v) is 4.21. The number of rotatable bonds is 3. The Morgan fingerprint density at radius 3 is 2.61 bits per heavy atom. The highest BCUT2D eigenvalue weighted by Crippen LogP contribution is 2.28. The van der Waals surface area contributed by atoms with E-state index in [1.807, 2.05) is 0 Å². The van der Waals surface area contributed by atoms with E-state index in [4.69, 9.17) is 0 Å². The number of para-hydroxylation sites is 1. The molecule has 2 heterocycles. The Morgan fingerprint density at radius 1 is 1.30 bits per heavy atom. The van der Waals surface area contributed by atoms with Gasteiger partial charge in [-0.05, 0) is 18.6 Å². The predicted octanol–water partition coefficient (Wildman–Crippen LogP) is 1.66. The van der Waals surface area contributed by atoms with Crippen molar-refractivity contribution in [1.82, 2.24) is 10.6 Å². The molecule has 0 aliphatic carbocycles. The SMILES string of the molecule is O=C(NC1CCN(c2c(F)cccc2F)C1)C1CC(F)(F)CN1. The van der Waals surface area contributed by atoms with Gasteiger partial charge >= 0.3 is 0 Å². The predicted molar refractivity (Wildman–Crippen MR) is 76.5 cm³/mol. The van der Waals surface area contributed by atoms with Crippen molar-refractivity contribution in [1.29, 1.82) is 0 Å². The molecule has 2 fully saturated rings. The lowest BCUT2D eigenvalue weighted by molar-refractivity contribution is -0.124. The Hall–Kier alpha value is -1.83. The molecular formula is C15H17F4N3O. The molecule has 0 saturated carbocycles. The van der Waals surface area contributed by atoms with Crippen LogP contribution in [0.15, 0.2) is 18.2 Å². The van der Waals surface area contributed by atoms with Gasteiger partial charge in [0.05, 0.1) is 12.6 Å². The monoisotopic (exact) mass is 331 g/mol. The number of halogens is 4. The van der Waals surface area contributed by atoms with Gasteiger partial charge in [0.1, 0.15) is 17.3 Å². The van der Waals surface area contributed by atoms with Gasteiger partial charge in [0.15, 0.2) is 0 Å². The van der Waals surface area contributed by atoms with Crippen LogP contribution in [0.4, 0.5) is 23.2 Å². The van der Waals surface area contributed by atoms with Crippen LogP contribution in [0.3, 0.4) is 0 Å². The van der Waals surface area contributed by atoms with Crippen LogP contribution < -0.4 is 15.5 Å². The van der Waals surface area contributed by atoms with E-state index >= 15 is 0 Å². The fraction of sp³-hybridized carbons (Fsp3) is 0.533. The number of hydrogen-bond acceptors (Lipinski definition) is 3. The summed E-state index contributed by atoms with van der Waals surface area (Å²) in [6.45, 7) is 0.117. The van der Waals surface area contributed by atoms with Crippen molar-refractivity contribution in [2.75, 3.05) is 24.5 Å². The molecule has 4 nitrogen and oxygen atoms in total. The first-order valence-corrected chi connectivity index (χ1v) is 7.46. The van der Waals surface area contributed by atoms with Gasteiger partial charge in [-0.1, -0.05) is 6.07 Å². The number of nitrogens with one attached hydrogen (secondary N) is 2. The lowest BCUT2D eigenvalue weighted by Gasteiger charge is -2.21. The molecule has 1 aromatic carbocycles. The number of amides is 1. The zero-order valence-electron chi connectivity index (χ0n) is 12.3. The van der Waals surface area contributed by atoms with E-state index in [1.165, 1.54) is 23.1 Å². The van der Waals surface area contributed by atoms with Crippen LogP contribution in [0.1, 0.15) is 12.8 Å². The van der Waals surface area contributed by atoms with Crippen LogP contribution in [-0.4, -0.2) is 43.5 Å². The molecule has 126 valence electrons. The average molecular weight is 331 g/mol. The highest BCUT2D eigenvalue weighted by atomic mass is 19.3. The zero-order chi connectivity index (χ0) is 16.6. The van der Waals surface area contributed by atoms with Crippen molar-refractivity contribution in [3.8, 4) is 0 Å². The van der Waals surface area contributed by atoms with Gasteiger partial charge in [0.2, 0.25) is 5.91 Å². The number of anilines is 1. The van der Waals surface area contributed by atoms with Gasteiger partial charge in [0.25, 0.3) is 5.92 Å². The summed E-state index contributed by atoms with van der Waals surface area (Å²) in [6.07, 6.45) is -0.0279. The van der Waals surface area contributed by atoms with Crippen LogP contribution >= 0.6 is 0 Å². The summed E-state index contributed by atoms with van der Waals surface area (Å²) in [5.74, 6) is -4.69. The zero-order valence-corrected chi connectivity index (χ0v) is 12.3. The summed E-state index contributed by atoms with van der Waals surface area (Å²) in [5.41, 5.74) is -0.116. The first-order chi connectivity index (χ1) is 10.9. The molecule has 2 aliphatic heterocycles. The molecule has 2 saturated heterocycles. The van der Waals surface area contributed by atoms with Gasteiger partial charge in [-0.15, -0.1) is 0 Å². The molecule has 3 rings (SSSR count). The Balaban J connectivity index is 1.59. The molecular weight excluding hydrogens is 314 g/mol. The lowest BCUT2D eigenvalue weighted by atomic mass is 10.1. The van der Waals surface area contributed by atoms with Gasteiger partial charge in [-0.2, -0.15) is 0 Å². The number of carbonyl (C=O) groups excluding carboxylic acids is 1. The minimum Gasteiger partial charge on any atom is -0.365 e. The van der Waals surface area contributed by atoms with Crippen LogP contribution in [0.2, 0.25) is 0 Å². The van der Waals surface area contributed by atoms with E-state index in [1.54, 1.807) is 0 Å². The molecule has 2 atom stereocenters. The molecule has 0 bridgehead atoms. The van der Waals surface area contributed by atoms with Crippen LogP contribution in [0.5, 0.6) is 0 Å². The maximum atomic E-state index is 13.8. The van der Waals surface area contributed by atoms with Crippen molar-refractivity contribution < 1.29 is 22.4 Å². The molecule has 23 heavy (non-hydrogen) atoms. The van der Waals surface area contributed by atoms with E-state index in [9.17, 15) is 22.4 Å². The van der Waals surface area contributed by atoms with E-state index in [0.29, 0.717) is 13.0 Å². The summed E-state index contributed by atoms with van der Waals surface area (Å²) < 4.78 is 53.7. The summed E-state index contributed by atoms with van der Waals surface area (Å²) >= 11 is 0. The van der Waals surface area contributed by atoms with Crippen LogP contribution in [0, 0.1) is 11.6 Å². The van der Waals surface area contributed by atoms with Crippen molar-refractivity contribution >= 4 is 11.6 Å². The largest absolute Gasteiger partial charge is 0.365 e. The highest BCUT2D eigenvalue weighted by Gasteiger charge is 2.43. The lowest BCUT2D eigenvalue weighted by Crippen LogP contribution is -2.46. The Labute approximate surface area is 130 Å². The molecule has 1 amide bonds. The van der Waals surface area contributed by atoms with Crippen molar-refractivity contribution in [3.63, 3.8) is 0 Å². The van der Waals surface area contributed by atoms with E-state index < -0.39 is 42.5 Å². The van der Waals surface area contributed by atoms with Crippen molar-refractivity contribution in [2.24, 2.45) is 0 Å². The van der Waals surface area contributed by atoms with Gasteiger partial charge in [-0.3, -0.25) is 10.1 Å². The number of alkyl halides is 2. The highest BCUT2D eigenvalue weighted by molar-refractivity contribution is 5.82. The number of carbonyl (C=O) groups is 1. The van der Waals surface area contributed by atoms with Gasteiger partial charge < -0.3 is 10.2 Å². The first kappa shape index (κ1) is 16.0. The standard InChI is InChI=1S/C15H17F4N3O/c16-10-2-1-3-11(17)13(10)22-5-4-9(7-22)21-14(23)12-6-15(18,19)8-20-12/h1-3,9,12,20H,4-8H2,(H,21,23). The minimum absolute atomic E-state index is 0.116. The van der Waals surface area contributed by atoms with Crippen molar-refractivity contribution in [3.05, 3.63) is 29.8 Å². The summed E-state index contributed by atoms with van der Waals surface area (Å²) in [4.78, 5) is 13.5. The fourth-order valence-corrected chi connectivity index (χ4v) is 3.07. The second kappa shape index (κ2) is 5.99. The summed E-state index contributed by atoms with van der Waals surface area (Å²) in [7, 11) is 0. The normalized spacial score (nSPS) is 26.5. The number of hydrogen-bond donors (Lipinski definition) is 2. The van der Waals surface area contributed by atoms with E-state index in [2.05, 4.69) is 10.6 Å². The summed E-state index contributed by atoms with van der Waals surface area (Å²) in [5, 5.41) is 5.16. The molecule has 2 N–H and O–H groups in total. The smallest absolute Gasteiger partial charge is 0.262 e. The number of benzene rings is 1. The molecule has 2 unspecified atom stereocenters. The molecule has 2 aliphatic rings. The maximum Gasteiger partial charge on any atom is 0.262 e. The Kier molecular flexibility index (Phi) is 4.18. The van der Waals surface area contributed by atoms with Gasteiger partial charge in [-0.25, -0.2) is 17.6 Å². The minimum atomic E-state index is -2.87. The third kappa shape index (κ3) is 3.41. The quantitative estimate of drug-likeness (QED) is 0.828. The average Bonchev–Trinajstić information content (AvgIpc) is 3.05. The second-order valence-electron chi connectivity index (χ2n) is 6.00. The molecule has 0 spiro atoms. The maximum absolute atomic E-state index is 13.8. The molecule has 0 aromatic heterocycles. The van der Waals surface area contributed by atoms with Crippen LogP contribution in [0.25, 0.3) is 0 Å². The van der Waals surface area contributed by atoms with E-state index in [0.717, 1.165) is 0 Å².